The van der Waals surface area contributed by atoms with E-state index in [0.29, 0.717) is 11.7 Å². The van der Waals surface area contributed by atoms with E-state index in [9.17, 15) is 4.79 Å². The number of hydrogen-bond donors (Lipinski definition) is 1. The third-order valence-corrected chi connectivity index (χ3v) is 5.72. The molecule has 0 aliphatic carbocycles. The molecular formula is C23H28N6O. The molecule has 1 N–H and O–H groups in total. The van der Waals surface area contributed by atoms with Gasteiger partial charge in [0.2, 0.25) is 0 Å². The van der Waals surface area contributed by atoms with Crippen LogP contribution in [-0.2, 0) is 13.6 Å². The van der Waals surface area contributed by atoms with Crippen molar-refractivity contribution in [3.8, 4) is 11.1 Å². The van der Waals surface area contributed by atoms with Crippen LogP contribution in [0.5, 0.6) is 0 Å². The molecule has 3 aromatic heterocycles. The van der Waals surface area contributed by atoms with E-state index < -0.39 is 0 Å². The minimum atomic E-state index is -0.180. The third-order valence-electron chi connectivity index (χ3n) is 5.72. The van der Waals surface area contributed by atoms with Crippen molar-refractivity contribution in [2.75, 3.05) is 13.6 Å². The molecule has 1 aliphatic heterocycles. The fourth-order valence-corrected chi connectivity index (χ4v) is 4.23. The lowest BCUT2D eigenvalue weighted by Crippen LogP contribution is -2.24. The summed E-state index contributed by atoms with van der Waals surface area (Å²) in [5.74, 6) is -0.180. The van der Waals surface area contributed by atoms with Crippen LogP contribution in [-0.4, -0.2) is 44.1 Å². The van der Waals surface area contributed by atoms with Gasteiger partial charge in [0.05, 0.1) is 17.4 Å². The van der Waals surface area contributed by atoms with E-state index in [2.05, 4.69) is 45.6 Å². The highest BCUT2D eigenvalue weighted by molar-refractivity contribution is 5.92. The first-order valence-electron chi connectivity index (χ1n) is 10.3. The second kappa shape index (κ2) is 8.36. The Labute approximate surface area is 177 Å². The largest absolute Gasteiger partial charge is 0.354 e. The van der Waals surface area contributed by atoms with E-state index >= 15 is 0 Å². The maximum absolute atomic E-state index is 11.8. The summed E-state index contributed by atoms with van der Waals surface area (Å²) in [6, 6.07) is 8.24. The van der Waals surface area contributed by atoms with Crippen molar-refractivity contribution in [1.29, 1.82) is 0 Å². The van der Waals surface area contributed by atoms with Crippen molar-refractivity contribution in [2.24, 2.45) is 7.05 Å². The first-order valence-corrected chi connectivity index (χ1v) is 10.3. The topological polar surface area (TPSA) is 75.9 Å². The SMILES string of the molecule is CNC(=O)c1ccc(-c2cc(C)nc([C@@H]3CCCN3Cc3cn(C)nc3C)c2)cn1. The summed E-state index contributed by atoms with van der Waals surface area (Å²) >= 11 is 0. The first-order chi connectivity index (χ1) is 14.4. The fraction of sp³-hybridized carbons (Fsp3) is 0.391. The average Bonchev–Trinajstić information content (AvgIpc) is 3.33. The molecule has 4 heterocycles. The van der Waals surface area contributed by atoms with Gasteiger partial charge in [-0.15, -0.1) is 0 Å². The molecule has 0 saturated carbocycles. The van der Waals surface area contributed by atoms with Crippen molar-refractivity contribution in [3.05, 3.63) is 65.0 Å². The first kappa shape index (κ1) is 20.2. The molecule has 1 amide bonds. The summed E-state index contributed by atoms with van der Waals surface area (Å²) in [5.41, 5.74) is 6.93. The van der Waals surface area contributed by atoms with E-state index in [1.165, 1.54) is 5.56 Å². The Morgan fingerprint density at radius 1 is 1.23 bits per heavy atom. The lowest BCUT2D eigenvalue weighted by molar-refractivity contribution is 0.0958. The summed E-state index contributed by atoms with van der Waals surface area (Å²) in [7, 11) is 3.58. The molecular weight excluding hydrogens is 376 g/mol. The van der Waals surface area contributed by atoms with Crippen molar-refractivity contribution in [3.63, 3.8) is 0 Å². The Morgan fingerprint density at radius 3 is 2.73 bits per heavy atom. The maximum Gasteiger partial charge on any atom is 0.269 e. The number of amides is 1. The predicted molar refractivity (Wildman–Crippen MR) is 116 cm³/mol. The van der Waals surface area contributed by atoms with Gasteiger partial charge in [0.15, 0.2) is 0 Å². The van der Waals surface area contributed by atoms with Crippen molar-refractivity contribution in [2.45, 2.75) is 39.3 Å². The molecule has 0 bridgehead atoms. The van der Waals surface area contributed by atoms with Gasteiger partial charge >= 0.3 is 0 Å². The van der Waals surface area contributed by atoms with Crippen LogP contribution in [0.4, 0.5) is 0 Å². The zero-order valence-electron chi connectivity index (χ0n) is 18.0. The Kier molecular flexibility index (Phi) is 5.63. The van der Waals surface area contributed by atoms with Gasteiger partial charge < -0.3 is 5.32 Å². The molecule has 0 aromatic carbocycles. The quantitative estimate of drug-likeness (QED) is 0.707. The highest BCUT2D eigenvalue weighted by atomic mass is 16.1. The van der Waals surface area contributed by atoms with Gasteiger partial charge in [0, 0.05) is 49.9 Å². The van der Waals surface area contributed by atoms with Crippen LogP contribution < -0.4 is 5.32 Å². The Morgan fingerprint density at radius 2 is 2.07 bits per heavy atom. The zero-order valence-corrected chi connectivity index (χ0v) is 18.0. The second-order valence-electron chi connectivity index (χ2n) is 7.98. The predicted octanol–water partition coefficient (Wildman–Crippen LogP) is 3.19. The van der Waals surface area contributed by atoms with Crippen LogP contribution in [0.25, 0.3) is 11.1 Å². The highest BCUT2D eigenvalue weighted by Crippen LogP contribution is 2.34. The smallest absolute Gasteiger partial charge is 0.269 e. The number of carbonyl (C=O) groups is 1. The summed E-state index contributed by atoms with van der Waals surface area (Å²) in [4.78, 5) is 23.4. The molecule has 1 atom stereocenters. The van der Waals surface area contributed by atoms with Gasteiger partial charge in [-0.2, -0.15) is 5.10 Å². The monoisotopic (exact) mass is 404 g/mol. The number of nitrogens with zero attached hydrogens (tertiary/aromatic N) is 5. The van der Waals surface area contributed by atoms with Crippen LogP contribution in [0.2, 0.25) is 0 Å². The lowest BCUT2D eigenvalue weighted by Gasteiger charge is -2.24. The normalized spacial score (nSPS) is 16.7. The lowest BCUT2D eigenvalue weighted by atomic mass is 10.0. The number of rotatable bonds is 5. The van der Waals surface area contributed by atoms with E-state index in [0.717, 1.165) is 54.1 Å². The minimum absolute atomic E-state index is 0.180. The summed E-state index contributed by atoms with van der Waals surface area (Å²) < 4.78 is 1.88. The number of nitrogens with one attached hydrogen (secondary N) is 1. The van der Waals surface area contributed by atoms with Gasteiger partial charge in [0.25, 0.3) is 5.91 Å². The zero-order chi connectivity index (χ0) is 21.3. The molecule has 1 fully saturated rings. The van der Waals surface area contributed by atoms with Gasteiger partial charge in [-0.3, -0.25) is 24.3 Å². The summed E-state index contributed by atoms with van der Waals surface area (Å²) in [5, 5.41) is 7.09. The number of hydrogen-bond acceptors (Lipinski definition) is 5. The Bertz CT molecular complexity index is 1060. The molecule has 0 radical (unpaired) electrons. The van der Waals surface area contributed by atoms with Crippen molar-refractivity contribution < 1.29 is 4.79 Å². The number of likely N-dealkylation sites (tertiary alicyclic amines) is 1. The van der Waals surface area contributed by atoms with Gasteiger partial charge in [-0.25, -0.2) is 0 Å². The molecule has 3 aromatic rings. The van der Waals surface area contributed by atoms with Crippen LogP contribution in [0.3, 0.4) is 0 Å². The van der Waals surface area contributed by atoms with Gasteiger partial charge in [-0.05, 0) is 57.0 Å². The van der Waals surface area contributed by atoms with Crippen LogP contribution >= 0.6 is 0 Å². The standard InChI is InChI=1S/C23H28N6O/c1-15-10-18(17-7-8-20(25-12-17)23(30)24-3)11-21(26-15)22-6-5-9-29(22)14-19-13-28(4)27-16(19)2/h7-8,10-13,22H,5-6,9,14H2,1-4H3,(H,24,30)/t22-/m0/s1. The molecule has 1 aliphatic rings. The summed E-state index contributed by atoms with van der Waals surface area (Å²) in [6.07, 6.45) is 6.13. The fourth-order valence-electron chi connectivity index (χ4n) is 4.23. The molecule has 7 heteroatoms. The molecule has 30 heavy (non-hydrogen) atoms. The van der Waals surface area contributed by atoms with Crippen molar-refractivity contribution >= 4 is 5.91 Å². The number of aromatic nitrogens is 4. The molecule has 4 rings (SSSR count). The number of aryl methyl sites for hydroxylation is 3. The van der Waals surface area contributed by atoms with E-state index in [4.69, 9.17) is 4.98 Å². The number of carbonyl (C=O) groups excluding carboxylic acids is 1. The summed E-state index contributed by atoms with van der Waals surface area (Å²) in [6.45, 7) is 6.05. The molecule has 156 valence electrons. The average molecular weight is 405 g/mol. The van der Waals surface area contributed by atoms with E-state index in [1.54, 1.807) is 19.3 Å². The van der Waals surface area contributed by atoms with E-state index in [-0.39, 0.29) is 5.91 Å². The van der Waals surface area contributed by atoms with Gasteiger partial charge in [-0.1, -0.05) is 6.07 Å². The van der Waals surface area contributed by atoms with Crippen LogP contribution in [0.15, 0.2) is 36.7 Å². The van der Waals surface area contributed by atoms with E-state index in [1.807, 2.05) is 24.7 Å². The highest BCUT2D eigenvalue weighted by Gasteiger charge is 2.28. The number of pyridine rings is 2. The van der Waals surface area contributed by atoms with Crippen LogP contribution in [0, 0.1) is 13.8 Å². The second-order valence-corrected chi connectivity index (χ2v) is 7.98. The molecule has 0 spiro atoms. The third kappa shape index (κ3) is 4.11. The molecule has 1 saturated heterocycles. The van der Waals surface area contributed by atoms with Crippen LogP contribution in [0.1, 0.15) is 52.0 Å². The Hall–Kier alpha value is -3.06. The van der Waals surface area contributed by atoms with Crippen molar-refractivity contribution in [1.82, 2.24) is 30.0 Å². The molecule has 0 unspecified atom stereocenters. The minimum Gasteiger partial charge on any atom is -0.354 e. The maximum atomic E-state index is 11.8. The molecule has 7 nitrogen and oxygen atoms in total. The Balaban J connectivity index is 1.60. The van der Waals surface area contributed by atoms with Gasteiger partial charge in [0.1, 0.15) is 5.69 Å².